The number of ketones is 1. The van der Waals surface area contributed by atoms with Gasteiger partial charge in [0, 0.05) is 29.1 Å². The number of pyridine rings is 1. The number of aldehydes is 1. The fraction of sp³-hybridized carbons (Fsp3) is 0. The Labute approximate surface area is 132 Å². The first kappa shape index (κ1) is 14.5. The van der Waals surface area contributed by atoms with Crippen molar-refractivity contribution in [1.82, 2.24) is 15.0 Å². The number of nitrogens with two attached hydrogens (primary N) is 1. The Balaban J connectivity index is 2.06. The van der Waals surface area contributed by atoms with E-state index in [0.717, 1.165) is 6.29 Å². The van der Waals surface area contributed by atoms with Crippen molar-refractivity contribution in [2.75, 3.05) is 5.73 Å². The van der Waals surface area contributed by atoms with Crippen LogP contribution in [0.1, 0.15) is 26.4 Å². The number of hydrogen-bond donors (Lipinski definition) is 1. The van der Waals surface area contributed by atoms with Gasteiger partial charge in [0.15, 0.2) is 11.5 Å². The van der Waals surface area contributed by atoms with Gasteiger partial charge in [-0.25, -0.2) is 9.97 Å². The van der Waals surface area contributed by atoms with Gasteiger partial charge >= 0.3 is 0 Å². The molecule has 0 unspecified atom stereocenters. The molecule has 0 radical (unpaired) electrons. The van der Waals surface area contributed by atoms with Crippen molar-refractivity contribution < 1.29 is 9.59 Å². The van der Waals surface area contributed by atoms with Gasteiger partial charge in [-0.05, 0) is 18.2 Å². The molecule has 2 aromatic heterocycles. The highest BCUT2D eigenvalue weighted by atomic mass is 16.1. The normalized spacial score (nSPS) is 10.3. The van der Waals surface area contributed by atoms with Gasteiger partial charge < -0.3 is 5.73 Å². The summed E-state index contributed by atoms with van der Waals surface area (Å²) in [5.41, 5.74) is 7.90. The number of carbonyl (C=O) groups is 2. The van der Waals surface area contributed by atoms with E-state index in [1.807, 2.05) is 0 Å². The zero-order valence-corrected chi connectivity index (χ0v) is 12.0. The zero-order valence-electron chi connectivity index (χ0n) is 12.0. The highest BCUT2D eigenvalue weighted by Crippen LogP contribution is 2.20. The Bertz CT molecular complexity index is 879. The Hall–Kier alpha value is -3.41. The number of carbonyl (C=O) groups excluding carboxylic acids is 2. The molecule has 0 aliphatic carbocycles. The predicted octanol–water partition coefficient (Wildman–Crippen LogP) is 2.16. The van der Waals surface area contributed by atoms with E-state index in [4.69, 9.17) is 5.73 Å². The van der Waals surface area contributed by atoms with Crippen LogP contribution >= 0.6 is 0 Å². The molecule has 112 valence electrons. The number of nitrogens with zero attached hydrogens (tertiary/aromatic N) is 3. The molecule has 0 bridgehead atoms. The summed E-state index contributed by atoms with van der Waals surface area (Å²) in [6.07, 6.45) is 5.24. The van der Waals surface area contributed by atoms with Crippen molar-refractivity contribution in [2.45, 2.75) is 0 Å². The third-order valence-electron chi connectivity index (χ3n) is 3.26. The average molecular weight is 304 g/mol. The first-order valence-electron chi connectivity index (χ1n) is 6.82. The van der Waals surface area contributed by atoms with Crippen LogP contribution in [-0.4, -0.2) is 27.0 Å². The molecule has 2 N–H and O–H groups in total. The summed E-state index contributed by atoms with van der Waals surface area (Å²) in [4.78, 5) is 35.7. The lowest BCUT2D eigenvalue weighted by Crippen LogP contribution is -2.10. The van der Waals surface area contributed by atoms with Crippen LogP contribution < -0.4 is 5.73 Å². The Morgan fingerprint density at radius 2 is 2.00 bits per heavy atom. The highest BCUT2D eigenvalue weighted by Gasteiger charge is 2.16. The van der Waals surface area contributed by atoms with Crippen LogP contribution in [0.2, 0.25) is 0 Å². The number of rotatable bonds is 4. The van der Waals surface area contributed by atoms with Crippen molar-refractivity contribution in [1.29, 1.82) is 0 Å². The van der Waals surface area contributed by atoms with Crippen LogP contribution in [0.15, 0.2) is 55.0 Å². The number of nitrogen functional groups attached to an aromatic ring is 1. The molecule has 0 amide bonds. The number of hydrogen-bond acceptors (Lipinski definition) is 6. The van der Waals surface area contributed by atoms with Crippen molar-refractivity contribution in [3.8, 4) is 11.3 Å². The van der Waals surface area contributed by atoms with Crippen molar-refractivity contribution in [3.05, 3.63) is 71.8 Å². The molecule has 0 fully saturated rings. The average Bonchev–Trinajstić information content (AvgIpc) is 2.62. The quantitative estimate of drug-likeness (QED) is 0.586. The number of anilines is 1. The smallest absolute Gasteiger partial charge is 0.216 e. The molecule has 23 heavy (non-hydrogen) atoms. The Morgan fingerprint density at radius 1 is 1.13 bits per heavy atom. The second-order valence-electron chi connectivity index (χ2n) is 4.80. The maximum atomic E-state index is 12.5. The van der Waals surface area contributed by atoms with E-state index >= 15 is 0 Å². The van der Waals surface area contributed by atoms with E-state index in [-0.39, 0.29) is 17.3 Å². The summed E-state index contributed by atoms with van der Waals surface area (Å²) in [6, 6.07) is 10.2. The van der Waals surface area contributed by atoms with Gasteiger partial charge in [0.2, 0.25) is 5.78 Å². The first-order chi connectivity index (χ1) is 11.2. The second kappa shape index (κ2) is 6.15. The van der Waals surface area contributed by atoms with Gasteiger partial charge in [-0.3, -0.25) is 14.6 Å². The molecule has 2 heterocycles. The minimum atomic E-state index is -0.350. The molecule has 0 atom stereocenters. The van der Waals surface area contributed by atoms with Gasteiger partial charge in [0.25, 0.3) is 0 Å². The highest BCUT2D eigenvalue weighted by molar-refractivity contribution is 6.10. The topological polar surface area (TPSA) is 98.8 Å². The maximum absolute atomic E-state index is 12.5. The van der Waals surface area contributed by atoms with Crippen LogP contribution in [0.25, 0.3) is 11.3 Å². The van der Waals surface area contributed by atoms with E-state index in [0.29, 0.717) is 22.4 Å². The van der Waals surface area contributed by atoms with Crippen LogP contribution in [0.4, 0.5) is 5.82 Å². The lowest BCUT2D eigenvalue weighted by molar-refractivity contribution is 0.103. The van der Waals surface area contributed by atoms with Gasteiger partial charge in [-0.1, -0.05) is 18.2 Å². The molecule has 0 saturated carbocycles. The van der Waals surface area contributed by atoms with Crippen molar-refractivity contribution in [3.63, 3.8) is 0 Å². The van der Waals surface area contributed by atoms with Crippen LogP contribution in [0.3, 0.4) is 0 Å². The fourth-order valence-electron chi connectivity index (χ4n) is 2.11. The molecule has 6 nitrogen and oxygen atoms in total. The molecule has 3 rings (SSSR count). The van der Waals surface area contributed by atoms with Gasteiger partial charge in [0.05, 0.1) is 11.9 Å². The molecule has 6 heteroatoms. The standard InChI is InChI=1S/C17H12N4O2/c18-17-15(16(23)13-5-2-6-19-8-13)21-14(9-20-17)12-4-1-3-11(7-12)10-22/h1-10H,(H2,18,20). The summed E-state index contributed by atoms with van der Waals surface area (Å²) in [6.45, 7) is 0. The third kappa shape index (κ3) is 2.96. The van der Waals surface area contributed by atoms with Gasteiger partial charge in [0.1, 0.15) is 6.29 Å². The molecule has 0 aliphatic heterocycles. The summed E-state index contributed by atoms with van der Waals surface area (Å²) in [5.74, 6) is -0.300. The summed E-state index contributed by atoms with van der Waals surface area (Å²) >= 11 is 0. The minimum absolute atomic E-state index is 0.0501. The van der Waals surface area contributed by atoms with Crippen LogP contribution in [0.5, 0.6) is 0 Å². The van der Waals surface area contributed by atoms with E-state index in [1.54, 1.807) is 42.6 Å². The molecule has 0 saturated heterocycles. The molecule has 0 spiro atoms. The van der Waals surface area contributed by atoms with Gasteiger partial charge in [-0.15, -0.1) is 0 Å². The number of aromatic nitrogens is 3. The summed E-state index contributed by atoms with van der Waals surface area (Å²) in [5, 5.41) is 0. The fourth-order valence-corrected chi connectivity index (χ4v) is 2.11. The lowest BCUT2D eigenvalue weighted by atomic mass is 10.1. The van der Waals surface area contributed by atoms with Crippen molar-refractivity contribution >= 4 is 17.9 Å². The van der Waals surface area contributed by atoms with Crippen LogP contribution in [-0.2, 0) is 0 Å². The summed E-state index contributed by atoms with van der Waals surface area (Å²) in [7, 11) is 0. The van der Waals surface area contributed by atoms with Crippen molar-refractivity contribution in [2.24, 2.45) is 0 Å². The summed E-state index contributed by atoms with van der Waals surface area (Å²) < 4.78 is 0. The van der Waals surface area contributed by atoms with E-state index in [9.17, 15) is 9.59 Å². The van der Waals surface area contributed by atoms with E-state index < -0.39 is 0 Å². The monoisotopic (exact) mass is 304 g/mol. The minimum Gasteiger partial charge on any atom is -0.382 e. The second-order valence-corrected chi connectivity index (χ2v) is 4.80. The SMILES string of the molecule is Nc1ncc(-c2cccc(C=O)c2)nc1C(=O)c1cccnc1. The molecular weight excluding hydrogens is 292 g/mol. The predicted molar refractivity (Wildman–Crippen MR) is 84.9 cm³/mol. The van der Waals surface area contributed by atoms with E-state index in [1.165, 1.54) is 12.4 Å². The molecule has 3 aromatic rings. The third-order valence-corrected chi connectivity index (χ3v) is 3.26. The number of benzene rings is 1. The maximum Gasteiger partial charge on any atom is 0.216 e. The lowest BCUT2D eigenvalue weighted by Gasteiger charge is -2.07. The Morgan fingerprint density at radius 3 is 2.74 bits per heavy atom. The zero-order chi connectivity index (χ0) is 16.2. The Kier molecular flexibility index (Phi) is 3.88. The first-order valence-corrected chi connectivity index (χ1v) is 6.82. The molecular formula is C17H12N4O2. The van der Waals surface area contributed by atoms with Gasteiger partial charge in [-0.2, -0.15) is 0 Å². The molecule has 0 aliphatic rings. The van der Waals surface area contributed by atoms with Crippen LogP contribution in [0, 0.1) is 0 Å². The largest absolute Gasteiger partial charge is 0.382 e. The van der Waals surface area contributed by atoms with E-state index in [2.05, 4.69) is 15.0 Å². The molecule has 1 aromatic carbocycles.